The van der Waals surface area contributed by atoms with E-state index in [1.807, 2.05) is 6.92 Å². The van der Waals surface area contributed by atoms with Gasteiger partial charge in [-0.2, -0.15) is 0 Å². The predicted molar refractivity (Wildman–Crippen MR) is 107 cm³/mol. The van der Waals surface area contributed by atoms with Gasteiger partial charge in [0.1, 0.15) is 5.82 Å². The van der Waals surface area contributed by atoms with E-state index < -0.39 is 29.5 Å². The van der Waals surface area contributed by atoms with Crippen molar-refractivity contribution < 1.29 is 22.7 Å². The topological polar surface area (TPSA) is 70.1 Å². The molecule has 162 valence electrons. The number of fused-ring (bicyclic) bond motifs is 1. The second kappa shape index (κ2) is 7.93. The second-order valence-corrected chi connectivity index (χ2v) is 7.08. The number of urea groups is 1. The molecule has 1 atom stereocenters. The standard InChI is InChI=1S/C21H20F3N5O2/c1-4-14-15(5-7-17(25-14)31-3)26-20-27-21(30)28(2)18-8-6-16(29(18)20)11-9-12(22)19(24)13(23)10-11/h5,7-10,16H,4,6H2,1-3H3,(H,26,27,30). The molecule has 7 nitrogen and oxygen atoms in total. The van der Waals surface area contributed by atoms with Crippen LogP contribution in [0.4, 0.5) is 23.7 Å². The van der Waals surface area contributed by atoms with Crippen LogP contribution in [0.3, 0.4) is 0 Å². The number of methoxy groups -OCH3 is 1. The highest BCUT2D eigenvalue weighted by Gasteiger charge is 2.40. The minimum atomic E-state index is -1.52. The number of amides is 2. The lowest BCUT2D eigenvalue weighted by atomic mass is 10.0. The molecule has 0 aliphatic carbocycles. The van der Waals surface area contributed by atoms with Crippen LogP contribution in [-0.4, -0.2) is 40.9 Å². The number of halogens is 3. The number of rotatable bonds is 4. The molecule has 0 saturated carbocycles. The van der Waals surface area contributed by atoms with Crippen molar-refractivity contribution in [1.29, 1.82) is 0 Å². The number of ether oxygens (including phenoxy) is 1. The molecular formula is C21H20F3N5O2. The molecule has 0 radical (unpaired) electrons. The summed E-state index contributed by atoms with van der Waals surface area (Å²) in [6.07, 6.45) is 2.68. The van der Waals surface area contributed by atoms with Gasteiger partial charge in [-0.05, 0) is 42.7 Å². The average Bonchev–Trinajstić information content (AvgIpc) is 3.21. The third-order valence-corrected chi connectivity index (χ3v) is 5.26. The summed E-state index contributed by atoms with van der Waals surface area (Å²) < 4.78 is 46.4. The summed E-state index contributed by atoms with van der Waals surface area (Å²) in [7, 11) is 3.09. The van der Waals surface area contributed by atoms with Crippen LogP contribution in [0, 0.1) is 17.5 Å². The fourth-order valence-electron chi connectivity index (χ4n) is 3.68. The first-order chi connectivity index (χ1) is 14.8. The van der Waals surface area contributed by atoms with Crippen molar-refractivity contribution in [3.63, 3.8) is 0 Å². The Morgan fingerprint density at radius 1 is 1.26 bits per heavy atom. The van der Waals surface area contributed by atoms with E-state index in [2.05, 4.69) is 15.3 Å². The van der Waals surface area contributed by atoms with Crippen molar-refractivity contribution in [1.82, 2.24) is 20.1 Å². The van der Waals surface area contributed by atoms with Crippen LogP contribution in [0.15, 0.2) is 41.2 Å². The van der Waals surface area contributed by atoms with Crippen molar-refractivity contribution in [3.05, 3.63) is 64.9 Å². The van der Waals surface area contributed by atoms with Gasteiger partial charge in [0.15, 0.2) is 17.5 Å². The lowest BCUT2D eigenvalue weighted by molar-refractivity contribution is 0.199. The first-order valence-electron chi connectivity index (χ1n) is 9.65. The number of benzene rings is 1. The number of hydrogen-bond acceptors (Lipinski definition) is 4. The van der Waals surface area contributed by atoms with E-state index in [0.717, 1.165) is 12.1 Å². The minimum absolute atomic E-state index is 0.184. The van der Waals surface area contributed by atoms with E-state index in [9.17, 15) is 18.0 Å². The van der Waals surface area contributed by atoms with Gasteiger partial charge >= 0.3 is 6.03 Å². The Labute approximate surface area is 176 Å². The van der Waals surface area contributed by atoms with Crippen LogP contribution in [0.2, 0.25) is 0 Å². The number of aryl methyl sites for hydroxylation is 1. The monoisotopic (exact) mass is 431 g/mol. The van der Waals surface area contributed by atoms with Crippen molar-refractivity contribution >= 4 is 17.7 Å². The molecule has 2 aromatic rings. The molecular weight excluding hydrogens is 411 g/mol. The summed E-state index contributed by atoms with van der Waals surface area (Å²) in [6, 6.07) is 4.29. The van der Waals surface area contributed by atoms with Gasteiger partial charge in [0, 0.05) is 13.1 Å². The predicted octanol–water partition coefficient (Wildman–Crippen LogP) is 4.00. The largest absolute Gasteiger partial charge is 0.481 e. The maximum Gasteiger partial charge on any atom is 0.329 e. The summed E-state index contributed by atoms with van der Waals surface area (Å²) in [4.78, 5) is 24.5. The number of nitrogens with one attached hydrogen (secondary N) is 1. The minimum Gasteiger partial charge on any atom is -0.481 e. The number of aliphatic imine (C=N–C) groups is 1. The molecule has 10 heteroatoms. The van der Waals surface area contributed by atoms with Gasteiger partial charge in [0.25, 0.3) is 0 Å². The molecule has 31 heavy (non-hydrogen) atoms. The highest BCUT2D eigenvalue weighted by Crippen LogP contribution is 2.39. The lowest BCUT2D eigenvalue weighted by Crippen LogP contribution is -2.56. The van der Waals surface area contributed by atoms with Crippen LogP contribution in [0.1, 0.15) is 30.6 Å². The van der Waals surface area contributed by atoms with Crippen molar-refractivity contribution in [3.8, 4) is 5.88 Å². The fraction of sp³-hybridized carbons (Fsp3) is 0.286. The van der Waals surface area contributed by atoms with E-state index in [0.29, 0.717) is 35.9 Å². The zero-order valence-electron chi connectivity index (χ0n) is 17.1. The van der Waals surface area contributed by atoms with Crippen molar-refractivity contribution in [2.75, 3.05) is 14.2 Å². The molecule has 4 rings (SSSR count). The summed E-state index contributed by atoms with van der Waals surface area (Å²) >= 11 is 0. The number of nitrogens with zero attached hydrogens (tertiary/aromatic N) is 4. The Balaban J connectivity index is 1.80. The van der Waals surface area contributed by atoms with E-state index >= 15 is 0 Å². The van der Waals surface area contributed by atoms with Gasteiger partial charge in [0.2, 0.25) is 11.8 Å². The molecule has 1 aromatic carbocycles. The van der Waals surface area contributed by atoms with Crippen molar-refractivity contribution in [2.45, 2.75) is 25.8 Å². The quantitative estimate of drug-likeness (QED) is 0.743. The molecule has 1 N–H and O–H groups in total. The number of hydrogen-bond donors (Lipinski definition) is 1. The van der Waals surface area contributed by atoms with Gasteiger partial charge in [0.05, 0.1) is 24.5 Å². The smallest absolute Gasteiger partial charge is 0.329 e. The van der Waals surface area contributed by atoms with Crippen LogP contribution >= 0.6 is 0 Å². The van der Waals surface area contributed by atoms with E-state index in [-0.39, 0.29) is 11.5 Å². The molecule has 3 heterocycles. The molecule has 1 saturated heterocycles. The summed E-state index contributed by atoms with van der Waals surface area (Å²) in [6.45, 7) is 1.91. The number of aromatic nitrogens is 1. The van der Waals surface area contributed by atoms with Gasteiger partial charge in [-0.15, -0.1) is 0 Å². The lowest BCUT2D eigenvalue weighted by Gasteiger charge is -2.38. The summed E-state index contributed by atoms with van der Waals surface area (Å²) in [5.74, 6) is -2.94. The Morgan fingerprint density at radius 3 is 2.61 bits per heavy atom. The molecule has 0 bridgehead atoms. The molecule has 1 fully saturated rings. The SMILES string of the molecule is CCc1nc(OC)ccc1N=C1NC(=O)N(C)C2=CCC(c3cc(F)c(F)c(F)c3)N21. The summed E-state index contributed by atoms with van der Waals surface area (Å²) in [5, 5.41) is 2.71. The number of pyridine rings is 1. The Hall–Kier alpha value is -3.56. The van der Waals surface area contributed by atoms with E-state index in [1.54, 1.807) is 30.2 Å². The highest BCUT2D eigenvalue weighted by atomic mass is 19.2. The average molecular weight is 431 g/mol. The first kappa shape index (κ1) is 20.7. The Kier molecular flexibility index (Phi) is 5.30. The van der Waals surface area contributed by atoms with Crippen LogP contribution in [-0.2, 0) is 6.42 Å². The third-order valence-electron chi connectivity index (χ3n) is 5.26. The highest BCUT2D eigenvalue weighted by molar-refractivity contribution is 6.02. The van der Waals surface area contributed by atoms with Crippen molar-refractivity contribution in [2.24, 2.45) is 4.99 Å². The van der Waals surface area contributed by atoms with E-state index in [4.69, 9.17) is 4.74 Å². The number of carbonyl (C=O) groups is 1. The zero-order chi connectivity index (χ0) is 22.3. The molecule has 2 amide bonds. The van der Waals surface area contributed by atoms with Crippen LogP contribution in [0.5, 0.6) is 5.88 Å². The molecule has 2 aliphatic heterocycles. The van der Waals surface area contributed by atoms with E-state index in [1.165, 1.54) is 12.0 Å². The maximum absolute atomic E-state index is 13.9. The van der Waals surface area contributed by atoms with Gasteiger partial charge in [-0.25, -0.2) is 27.9 Å². The maximum atomic E-state index is 13.9. The summed E-state index contributed by atoms with van der Waals surface area (Å²) in [5.41, 5.74) is 1.40. The normalized spacial score (nSPS) is 19.4. The number of carbonyl (C=O) groups excluding carboxylic acids is 1. The first-order valence-corrected chi connectivity index (χ1v) is 9.65. The van der Waals surface area contributed by atoms with Crippen LogP contribution < -0.4 is 10.1 Å². The Morgan fingerprint density at radius 2 is 1.97 bits per heavy atom. The van der Waals surface area contributed by atoms with Gasteiger partial charge in [-0.3, -0.25) is 15.1 Å². The second-order valence-electron chi connectivity index (χ2n) is 7.08. The molecule has 1 aromatic heterocycles. The molecule has 0 spiro atoms. The molecule has 1 unspecified atom stereocenters. The Bertz CT molecular complexity index is 1100. The zero-order valence-corrected chi connectivity index (χ0v) is 17.1. The van der Waals surface area contributed by atoms with Gasteiger partial charge in [-0.1, -0.05) is 6.92 Å². The van der Waals surface area contributed by atoms with Gasteiger partial charge < -0.3 is 4.74 Å². The third kappa shape index (κ3) is 3.58. The van der Waals surface area contributed by atoms with Crippen LogP contribution in [0.25, 0.3) is 0 Å². The fourth-order valence-corrected chi connectivity index (χ4v) is 3.68. The molecule has 2 aliphatic rings. The number of guanidine groups is 1.